The molecule has 1 aliphatic rings. The fourth-order valence-electron chi connectivity index (χ4n) is 2.06. The molecule has 0 amide bonds. The number of alkyl halides is 3. The van der Waals surface area contributed by atoms with Gasteiger partial charge in [-0.05, 0) is 31.4 Å². The highest BCUT2D eigenvalue weighted by atomic mass is 32.2. The largest absolute Gasteiger partial charge is 0.534 e. The Morgan fingerprint density at radius 2 is 1.71 bits per heavy atom. The van der Waals surface area contributed by atoms with Crippen LogP contribution in [0.15, 0.2) is 12.1 Å². The zero-order valence-electron chi connectivity index (χ0n) is 10.5. The maximum atomic E-state index is 14.1. The molecule has 0 aromatic heterocycles. The quantitative estimate of drug-likeness (QED) is 0.363. The van der Waals surface area contributed by atoms with Crippen LogP contribution in [-0.2, 0) is 16.5 Å². The molecule has 21 heavy (non-hydrogen) atoms. The molecule has 0 atom stereocenters. The maximum Gasteiger partial charge on any atom is 0.534 e. The number of hydrogen-bond acceptors (Lipinski definition) is 4. The average molecular weight is 326 g/mol. The van der Waals surface area contributed by atoms with E-state index >= 15 is 0 Å². The predicted molar refractivity (Wildman–Crippen MR) is 63.9 cm³/mol. The number of halogens is 4. The van der Waals surface area contributed by atoms with E-state index in [4.69, 9.17) is 0 Å². The Labute approximate surface area is 117 Å². The van der Waals surface area contributed by atoms with Crippen LogP contribution in [0.4, 0.5) is 17.6 Å². The van der Waals surface area contributed by atoms with Crippen LogP contribution in [0.3, 0.4) is 0 Å². The van der Waals surface area contributed by atoms with Crippen molar-refractivity contribution in [2.75, 3.05) is 0 Å². The average Bonchev–Trinajstić information content (AvgIpc) is 2.54. The second-order valence-corrected chi connectivity index (χ2v) is 6.06. The first kappa shape index (κ1) is 15.7. The maximum absolute atomic E-state index is 14.1. The summed E-state index contributed by atoms with van der Waals surface area (Å²) in [5, 5.41) is 0. The lowest BCUT2D eigenvalue weighted by atomic mass is 10.0. The van der Waals surface area contributed by atoms with Gasteiger partial charge >= 0.3 is 15.6 Å². The second-order valence-electron chi connectivity index (χ2n) is 4.52. The summed E-state index contributed by atoms with van der Waals surface area (Å²) in [4.78, 5) is 11.7. The number of carbonyl (C=O) groups excluding carboxylic acids is 1. The van der Waals surface area contributed by atoms with Gasteiger partial charge in [-0.2, -0.15) is 21.6 Å². The highest BCUT2D eigenvalue weighted by Crippen LogP contribution is 2.32. The molecule has 2 rings (SSSR count). The van der Waals surface area contributed by atoms with Crippen molar-refractivity contribution in [3.63, 3.8) is 0 Å². The number of carbonyl (C=O) groups is 1. The van der Waals surface area contributed by atoms with Gasteiger partial charge in [-0.25, -0.2) is 4.39 Å². The standard InChI is InChI=1S/C12H10F4O4S/c13-11-8-3-1-2-4-9(17)7(8)5-6-10(11)20-21(18,19)12(14,15)16/h5-6H,1-4H2. The highest BCUT2D eigenvalue weighted by molar-refractivity contribution is 7.88. The van der Waals surface area contributed by atoms with E-state index < -0.39 is 27.2 Å². The van der Waals surface area contributed by atoms with Crippen molar-refractivity contribution in [3.05, 3.63) is 29.1 Å². The molecule has 1 aromatic rings. The Morgan fingerprint density at radius 1 is 1.10 bits per heavy atom. The molecule has 1 aromatic carbocycles. The van der Waals surface area contributed by atoms with Crippen LogP contribution in [0.25, 0.3) is 0 Å². The Kier molecular flexibility index (Phi) is 3.96. The molecule has 4 nitrogen and oxygen atoms in total. The van der Waals surface area contributed by atoms with Crippen molar-refractivity contribution in [2.24, 2.45) is 0 Å². The smallest absolute Gasteiger partial charge is 0.373 e. The Morgan fingerprint density at radius 3 is 2.33 bits per heavy atom. The van der Waals surface area contributed by atoms with Gasteiger partial charge in [0.25, 0.3) is 0 Å². The molecule has 0 bridgehead atoms. The van der Waals surface area contributed by atoms with Gasteiger partial charge in [0.05, 0.1) is 0 Å². The molecular formula is C12H10F4O4S. The fraction of sp³-hybridized carbons (Fsp3) is 0.417. The van der Waals surface area contributed by atoms with Crippen molar-refractivity contribution < 1.29 is 35.0 Å². The van der Waals surface area contributed by atoms with Gasteiger partial charge in [0.15, 0.2) is 17.3 Å². The first-order valence-electron chi connectivity index (χ1n) is 5.99. The molecule has 0 saturated carbocycles. The topological polar surface area (TPSA) is 60.4 Å². The fourth-order valence-corrected chi connectivity index (χ4v) is 2.52. The molecule has 0 spiro atoms. The van der Waals surface area contributed by atoms with E-state index in [2.05, 4.69) is 4.18 Å². The van der Waals surface area contributed by atoms with Crippen LogP contribution in [0.1, 0.15) is 35.2 Å². The van der Waals surface area contributed by atoms with E-state index in [-0.39, 0.29) is 29.8 Å². The van der Waals surface area contributed by atoms with Crippen molar-refractivity contribution >= 4 is 15.9 Å². The molecule has 0 radical (unpaired) electrons. The van der Waals surface area contributed by atoms with Crippen LogP contribution < -0.4 is 4.18 Å². The third-order valence-electron chi connectivity index (χ3n) is 3.07. The number of Topliss-reactive ketones (excluding diaryl/α,β-unsaturated/α-hetero) is 1. The van der Waals surface area contributed by atoms with Crippen LogP contribution in [0, 0.1) is 5.82 Å². The summed E-state index contributed by atoms with van der Waals surface area (Å²) in [6.45, 7) is 0. The third-order valence-corrected chi connectivity index (χ3v) is 4.04. The zero-order valence-corrected chi connectivity index (χ0v) is 11.4. The number of fused-ring (bicyclic) bond motifs is 1. The van der Waals surface area contributed by atoms with Crippen LogP contribution >= 0.6 is 0 Å². The van der Waals surface area contributed by atoms with Crippen molar-refractivity contribution in [2.45, 2.75) is 31.2 Å². The van der Waals surface area contributed by atoms with Crippen LogP contribution in [0.2, 0.25) is 0 Å². The normalized spacial score (nSPS) is 16.3. The first-order valence-corrected chi connectivity index (χ1v) is 7.39. The lowest BCUT2D eigenvalue weighted by Gasteiger charge is -2.13. The Hall–Kier alpha value is -1.64. The summed E-state index contributed by atoms with van der Waals surface area (Å²) >= 11 is 0. The van der Waals surface area contributed by atoms with Crippen LogP contribution in [0.5, 0.6) is 5.75 Å². The van der Waals surface area contributed by atoms with Gasteiger partial charge in [-0.15, -0.1) is 0 Å². The predicted octanol–water partition coefficient (Wildman–Crippen LogP) is 2.96. The van der Waals surface area contributed by atoms with Gasteiger partial charge in [0.1, 0.15) is 0 Å². The summed E-state index contributed by atoms with van der Waals surface area (Å²) in [6, 6.07) is 1.81. The lowest BCUT2D eigenvalue weighted by molar-refractivity contribution is -0.0501. The van der Waals surface area contributed by atoms with E-state index in [0.29, 0.717) is 12.8 Å². The minimum atomic E-state index is -5.95. The molecular weight excluding hydrogens is 316 g/mol. The second kappa shape index (κ2) is 5.28. The van der Waals surface area contributed by atoms with Crippen molar-refractivity contribution in [3.8, 4) is 5.75 Å². The molecule has 9 heteroatoms. The zero-order chi connectivity index (χ0) is 15.8. The highest BCUT2D eigenvalue weighted by Gasteiger charge is 2.49. The van der Waals surface area contributed by atoms with E-state index in [1.165, 1.54) is 0 Å². The summed E-state index contributed by atoms with van der Waals surface area (Å²) in [5.74, 6) is -2.62. The molecule has 116 valence electrons. The summed E-state index contributed by atoms with van der Waals surface area (Å²) in [5.41, 5.74) is -5.70. The van der Waals surface area contributed by atoms with E-state index in [1.807, 2.05) is 0 Å². The van der Waals surface area contributed by atoms with E-state index in [9.17, 15) is 30.8 Å². The molecule has 0 unspecified atom stereocenters. The molecule has 0 fully saturated rings. The number of benzene rings is 1. The summed E-state index contributed by atoms with van der Waals surface area (Å²) < 4.78 is 76.4. The minimum absolute atomic E-state index is 0.0572. The Balaban J connectivity index is 2.45. The molecule has 0 heterocycles. The van der Waals surface area contributed by atoms with Gasteiger partial charge in [0.2, 0.25) is 0 Å². The number of hydrogen-bond donors (Lipinski definition) is 0. The number of rotatable bonds is 2. The number of ketones is 1. The van der Waals surface area contributed by atoms with Crippen molar-refractivity contribution in [1.29, 1.82) is 0 Å². The third kappa shape index (κ3) is 3.02. The SMILES string of the molecule is O=C1CCCCc2c1ccc(OS(=O)(=O)C(F)(F)F)c2F. The lowest BCUT2D eigenvalue weighted by Crippen LogP contribution is -2.28. The van der Waals surface area contributed by atoms with Gasteiger partial charge in [0, 0.05) is 17.5 Å². The molecule has 1 aliphatic carbocycles. The minimum Gasteiger partial charge on any atom is -0.373 e. The first-order chi connectivity index (χ1) is 9.63. The van der Waals surface area contributed by atoms with Gasteiger partial charge in [-0.3, -0.25) is 4.79 Å². The van der Waals surface area contributed by atoms with Crippen LogP contribution in [-0.4, -0.2) is 19.7 Å². The monoisotopic (exact) mass is 326 g/mol. The van der Waals surface area contributed by atoms with E-state index in [0.717, 1.165) is 12.1 Å². The summed E-state index contributed by atoms with van der Waals surface area (Å²) in [7, 11) is -5.95. The van der Waals surface area contributed by atoms with Crippen molar-refractivity contribution in [1.82, 2.24) is 0 Å². The molecule has 0 saturated heterocycles. The molecule has 0 aliphatic heterocycles. The van der Waals surface area contributed by atoms with E-state index in [1.54, 1.807) is 0 Å². The molecule has 0 N–H and O–H groups in total. The Bertz CT molecular complexity index is 679. The summed E-state index contributed by atoms with van der Waals surface area (Å²) in [6.07, 6.45) is 1.36. The van der Waals surface area contributed by atoms with Gasteiger partial charge in [-0.1, -0.05) is 0 Å². The van der Waals surface area contributed by atoms with Gasteiger partial charge < -0.3 is 4.18 Å².